The summed E-state index contributed by atoms with van der Waals surface area (Å²) in [5.74, 6) is 1.57. The molecule has 0 saturated heterocycles. The van der Waals surface area contributed by atoms with Gasteiger partial charge >= 0.3 is 0 Å². The van der Waals surface area contributed by atoms with Crippen molar-refractivity contribution in [3.63, 3.8) is 0 Å². The normalized spacial score (nSPS) is 14.5. The van der Waals surface area contributed by atoms with Gasteiger partial charge in [0, 0.05) is 12.4 Å². The fraction of sp³-hybridized carbons (Fsp3) is 1.00. The Morgan fingerprint density at radius 3 is 2.27 bits per heavy atom. The van der Waals surface area contributed by atoms with Crippen molar-refractivity contribution in [1.82, 2.24) is 4.72 Å². The Kier molecular flexibility index (Phi) is 7.57. The monoisotopic (exact) mass is 255 g/mol. The summed E-state index contributed by atoms with van der Waals surface area (Å²) in [5.41, 5.74) is 0. The van der Waals surface area contributed by atoms with Gasteiger partial charge in [-0.3, -0.25) is 0 Å². The van der Waals surface area contributed by atoms with Crippen LogP contribution in [0.5, 0.6) is 0 Å². The maximum atomic E-state index is 11.5. The Balaban J connectivity index is 3.84. The van der Waals surface area contributed by atoms with E-state index in [0.29, 0.717) is 30.7 Å². The SMILES string of the molecule is CC(C)C(C)CNS(=O)(=O)CCCCCl. The van der Waals surface area contributed by atoms with Crippen LogP contribution in [0.3, 0.4) is 0 Å². The maximum Gasteiger partial charge on any atom is 0.211 e. The second-order valence-corrected chi connectivity index (χ2v) is 6.59. The second-order valence-electron chi connectivity index (χ2n) is 4.28. The van der Waals surface area contributed by atoms with E-state index in [1.165, 1.54) is 0 Å². The summed E-state index contributed by atoms with van der Waals surface area (Å²) in [7, 11) is -3.09. The number of sulfonamides is 1. The lowest BCUT2D eigenvalue weighted by Gasteiger charge is -2.16. The molecule has 0 bridgehead atoms. The van der Waals surface area contributed by atoms with E-state index in [0.717, 1.165) is 6.42 Å². The molecule has 0 saturated carbocycles. The molecule has 0 amide bonds. The zero-order valence-corrected chi connectivity index (χ0v) is 11.4. The van der Waals surface area contributed by atoms with E-state index in [1.807, 2.05) is 6.92 Å². The molecule has 92 valence electrons. The van der Waals surface area contributed by atoms with Gasteiger partial charge < -0.3 is 0 Å². The zero-order chi connectivity index (χ0) is 11.9. The minimum atomic E-state index is -3.09. The molecule has 0 aliphatic rings. The molecule has 0 aromatic rings. The molecule has 0 aliphatic heterocycles. The van der Waals surface area contributed by atoms with Crippen molar-refractivity contribution in [1.29, 1.82) is 0 Å². The number of hydrogen-bond donors (Lipinski definition) is 1. The highest BCUT2D eigenvalue weighted by atomic mass is 35.5. The highest BCUT2D eigenvalue weighted by Crippen LogP contribution is 2.08. The summed E-state index contributed by atoms with van der Waals surface area (Å²) in [4.78, 5) is 0. The summed E-state index contributed by atoms with van der Waals surface area (Å²) in [6.45, 7) is 6.76. The van der Waals surface area contributed by atoms with Crippen LogP contribution in [0.2, 0.25) is 0 Å². The number of unbranched alkanes of at least 4 members (excludes halogenated alkanes) is 1. The lowest BCUT2D eigenvalue weighted by Crippen LogP contribution is -2.32. The van der Waals surface area contributed by atoms with Crippen molar-refractivity contribution in [2.75, 3.05) is 18.2 Å². The molecular formula is C10H22ClNO2S. The second kappa shape index (κ2) is 7.47. The Labute approximate surface area is 98.6 Å². The molecule has 0 aromatic heterocycles. The molecule has 15 heavy (non-hydrogen) atoms. The minimum Gasteiger partial charge on any atom is -0.215 e. The Morgan fingerprint density at radius 2 is 1.80 bits per heavy atom. The highest BCUT2D eigenvalue weighted by Gasteiger charge is 2.13. The summed E-state index contributed by atoms with van der Waals surface area (Å²) in [5, 5.41) is 0. The van der Waals surface area contributed by atoms with E-state index < -0.39 is 10.0 Å². The predicted octanol–water partition coefficient (Wildman–Crippen LogP) is 2.22. The summed E-state index contributed by atoms with van der Waals surface area (Å²) < 4.78 is 25.6. The molecule has 1 unspecified atom stereocenters. The van der Waals surface area contributed by atoms with Gasteiger partial charge in [-0.2, -0.15) is 0 Å². The van der Waals surface area contributed by atoms with E-state index in [4.69, 9.17) is 11.6 Å². The predicted molar refractivity (Wildman–Crippen MR) is 65.7 cm³/mol. The Morgan fingerprint density at radius 1 is 1.20 bits per heavy atom. The Hall–Kier alpha value is 0.200. The molecule has 0 aliphatic carbocycles. The third-order valence-corrected chi connectivity index (χ3v) is 4.26. The van der Waals surface area contributed by atoms with Gasteiger partial charge in [0.2, 0.25) is 10.0 Å². The van der Waals surface area contributed by atoms with E-state index in [9.17, 15) is 8.42 Å². The van der Waals surface area contributed by atoms with Crippen LogP contribution in [-0.2, 0) is 10.0 Å². The van der Waals surface area contributed by atoms with Gasteiger partial charge in [0.15, 0.2) is 0 Å². The maximum absolute atomic E-state index is 11.5. The molecule has 0 aromatic carbocycles. The van der Waals surface area contributed by atoms with Crippen molar-refractivity contribution >= 4 is 21.6 Å². The molecule has 0 radical (unpaired) electrons. The van der Waals surface area contributed by atoms with Crippen LogP contribution in [0.15, 0.2) is 0 Å². The Bertz CT molecular complexity index is 252. The molecule has 1 N–H and O–H groups in total. The first-order valence-corrected chi connectivity index (χ1v) is 7.61. The minimum absolute atomic E-state index is 0.185. The van der Waals surface area contributed by atoms with E-state index in [-0.39, 0.29) is 5.75 Å². The van der Waals surface area contributed by atoms with Crippen LogP contribution in [-0.4, -0.2) is 26.6 Å². The number of rotatable bonds is 8. The first kappa shape index (κ1) is 15.2. The molecule has 5 heteroatoms. The molecule has 0 rings (SSSR count). The van der Waals surface area contributed by atoms with Crippen LogP contribution in [0.25, 0.3) is 0 Å². The number of alkyl halides is 1. The van der Waals surface area contributed by atoms with Gasteiger partial charge in [-0.05, 0) is 24.7 Å². The standard InChI is InChI=1S/C10H22ClNO2S/c1-9(2)10(3)8-12-15(13,14)7-5-4-6-11/h9-10,12H,4-8H2,1-3H3. The summed E-state index contributed by atoms with van der Waals surface area (Å²) in [6.07, 6.45) is 1.39. The zero-order valence-electron chi connectivity index (χ0n) is 9.79. The average molecular weight is 256 g/mol. The fourth-order valence-electron chi connectivity index (χ4n) is 0.953. The summed E-state index contributed by atoms with van der Waals surface area (Å²) >= 11 is 5.48. The molecule has 3 nitrogen and oxygen atoms in total. The smallest absolute Gasteiger partial charge is 0.211 e. The topological polar surface area (TPSA) is 46.2 Å². The third kappa shape index (κ3) is 8.05. The third-order valence-electron chi connectivity index (χ3n) is 2.56. The largest absolute Gasteiger partial charge is 0.215 e. The number of halogens is 1. The van der Waals surface area contributed by atoms with Gasteiger partial charge in [-0.1, -0.05) is 20.8 Å². The molecule has 1 atom stereocenters. The van der Waals surface area contributed by atoms with Gasteiger partial charge in [0.25, 0.3) is 0 Å². The van der Waals surface area contributed by atoms with E-state index >= 15 is 0 Å². The van der Waals surface area contributed by atoms with Crippen LogP contribution in [0.1, 0.15) is 33.6 Å². The van der Waals surface area contributed by atoms with Crippen molar-refractivity contribution < 1.29 is 8.42 Å². The highest BCUT2D eigenvalue weighted by molar-refractivity contribution is 7.89. The molecule has 0 heterocycles. The fourth-order valence-corrected chi connectivity index (χ4v) is 2.39. The summed E-state index contributed by atoms with van der Waals surface area (Å²) in [6, 6.07) is 0. The lowest BCUT2D eigenvalue weighted by atomic mass is 9.99. The van der Waals surface area contributed by atoms with E-state index in [2.05, 4.69) is 18.6 Å². The molecule has 0 spiro atoms. The van der Waals surface area contributed by atoms with Crippen LogP contribution in [0.4, 0.5) is 0 Å². The van der Waals surface area contributed by atoms with Crippen molar-refractivity contribution in [2.24, 2.45) is 11.8 Å². The van der Waals surface area contributed by atoms with Gasteiger partial charge in [-0.15, -0.1) is 11.6 Å². The molecular weight excluding hydrogens is 234 g/mol. The number of nitrogens with one attached hydrogen (secondary N) is 1. The molecule has 0 fully saturated rings. The first-order chi connectivity index (χ1) is 6.89. The van der Waals surface area contributed by atoms with Gasteiger partial charge in [0.1, 0.15) is 0 Å². The van der Waals surface area contributed by atoms with Crippen molar-refractivity contribution in [3.8, 4) is 0 Å². The van der Waals surface area contributed by atoms with Crippen molar-refractivity contribution in [3.05, 3.63) is 0 Å². The van der Waals surface area contributed by atoms with Crippen LogP contribution in [0, 0.1) is 11.8 Å². The quantitative estimate of drug-likeness (QED) is 0.534. The van der Waals surface area contributed by atoms with Crippen molar-refractivity contribution in [2.45, 2.75) is 33.6 Å². The van der Waals surface area contributed by atoms with Gasteiger partial charge in [-0.25, -0.2) is 13.1 Å². The van der Waals surface area contributed by atoms with E-state index in [1.54, 1.807) is 0 Å². The number of hydrogen-bond acceptors (Lipinski definition) is 2. The lowest BCUT2D eigenvalue weighted by molar-refractivity contribution is 0.414. The van der Waals surface area contributed by atoms with Crippen LogP contribution < -0.4 is 4.72 Å². The van der Waals surface area contributed by atoms with Gasteiger partial charge in [0.05, 0.1) is 5.75 Å². The van der Waals surface area contributed by atoms with Crippen LogP contribution >= 0.6 is 11.6 Å². The average Bonchev–Trinajstić information content (AvgIpc) is 2.14. The first-order valence-electron chi connectivity index (χ1n) is 5.42.